The minimum Gasteiger partial charge on any atom is -0.293 e. The largest absolute Gasteiger partial charge is 0.293 e. The molecule has 0 radical (unpaired) electrons. The molecule has 80 valence electrons. The van der Waals surface area contributed by atoms with Crippen LogP contribution in [0.3, 0.4) is 0 Å². The lowest BCUT2D eigenvalue weighted by molar-refractivity contribution is -0.385. The summed E-state index contributed by atoms with van der Waals surface area (Å²) < 4.78 is 0.643. The van der Waals surface area contributed by atoms with Crippen molar-refractivity contribution in [1.29, 1.82) is 0 Å². The van der Waals surface area contributed by atoms with Crippen LogP contribution in [0, 0.1) is 10.1 Å². The van der Waals surface area contributed by atoms with E-state index in [1.165, 1.54) is 18.2 Å². The van der Waals surface area contributed by atoms with Crippen LogP contribution in [0.2, 0.25) is 0 Å². The van der Waals surface area contributed by atoms with Crippen molar-refractivity contribution in [3.63, 3.8) is 0 Å². The molecule has 1 aromatic rings. The number of hydrogen-bond acceptors (Lipinski definition) is 3. The Balaban J connectivity index is 3.30. The molecular formula is C9H7Br2NO3. The van der Waals surface area contributed by atoms with Crippen molar-refractivity contribution < 1.29 is 9.72 Å². The predicted molar refractivity (Wildman–Crippen MR) is 63.5 cm³/mol. The molecule has 1 atom stereocenters. The Morgan fingerprint density at radius 1 is 1.53 bits per heavy atom. The second-order valence-electron chi connectivity index (χ2n) is 2.90. The van der Waals surface area contributed by atoms with E-state index in [0.29, 0.717) is 4.47 Å². The van der Waals surface area contributed by atoms with Gasteiger partial charge in [-0.2, -0.15) is 0 Å². The summed E-state index contributed by atoms with van der Waals surface area (Å²) in [6.07, 6.45) is 0. The van der Waals surface area contributed by atoms with Gasteiger partial charge in [0.05, 0.1) is 15.3 Å². The molecule has 0 aliphatic heterocycles. The summed E-state index contributed by atoms with van der Waals surface area (Å²) in [5, 5.41) is 10.7. The molecule has 0 saturated heterocycles. The number of nitrogens with zero attached hydrogens (tertiary/aromatic N) is 1. The number of carbonyl (C=O) groups is 1. The SMILES string of the molecule is CC(Br)C(=O)c1cc(Br)ccc1[N+](=O)[O-]. The number of benzene rings is 1. The highest BCUT2D eigenvalue weighted by molar-refractivity contribution is 9.10. The fraction of sp³-hybridized carbons (Fsp3) is 0.222. The quantitative estimate of drug-likeness (QED) is 0.368. The molecule has 0 N–H and O–H groups in total. The molecule has 4 nitrogen and oxygen atoms in total. The number of Topliss-reactive ketones (excluding diaryl/α,β-unsaturated/α-hetero) is 1. The average molecular weight is 337 g/mol. The highest BCUT2D eigenvalue weighted by atomic mass is 79.9. The molecule has 6 heteroatoms. The van der Waals surface area contributed by atoms with Crippen LogP contribution in [0.5, 0.6) is 0 Å². The molecule has 0 fully saturated rings. The van der Waals surface area contributed by atoms with E-state index in [0.717, 1.165) is 0 Å². The van der Waals surface area contributed by atoms with Crippen molar-refractivity contribution >= 4 is 43.3 Å². The van der Waals surface area contributed by atoms with Gasteiger partial charge in [-0.1, -0.05) is 31.9 Å². The highest BCUT2D eigenvalue weighted by Gasteiger charge is 2.22. The molecule has 0 bridgehead atoms. The standard InChI is InChI=1S/C9H7Br2NO3/c1-5(10)9(13)7-4-6(11)2-3-8(7)12(14)15/h2-5H,1H3. The van der Waals surface area contributed by atoms with E-state index >= 15 is 0 Å². The van der Waals surface area contributed by atoms with Crippen LogP contribution in [0.15, 0.2) is 22.7 Å². The average Bonchev–Trinajstić information content (AvgIpc) is 2.15. The van der Waals surface area contributed by atoms with Gasteiger partial charge in [-0.15, -0.1) is 0 Å². The molecule has 15 heavy (non-hydrogen) atoms. The number of nitro benzene ring substituents is 1. The smallest absolute Gasteiger partial charge is 0.280 e. The van der Waals surface area contributed by atoms with Crippen LogP contribution < -0.4 is 0 Å². The summed E-state index contributed by atoms with van der Waals surface area (Å²) in [6, 6.07) is 4.30. The van der Waals surface area contributed by atoms with Crippen LogP contribution >= 0.6 is 31.9 Å². The summed E-state index contributed by atoms with van der Waals surface area (Å²) >= 11 is 6.27. The van der Waals surface area contributed by atoms with E-state index in [1.54, 1.807) is 6.92 Å². The van der Waals surface area contributed by atoms with Gasteiger partial charge in [0, 0.05) is 10.5 Å². The first-order valence-corrected chi connectivity index (χ1v) is 5.76. The normalized spacial score (nSPS) is 12.2. The minimum atomic E-state index is -0.560. The highest BCUT2D eigenvalue weighted by Crippen LogP contribution is 2.25. The van der Waals surface area contributed by atoms with E-state index in [1.807, 2.05) is 0 Å². The number of hydrogen-bond donors (Lipinski definition) is 0. The van der Waals surface area contributed by atoms with Gasteiger partial charge >= 0.3 is 0 Å². The Kier molecular flexibility index (Phi) is 3.98. The van der Waals surface area contributed by atoms with Crippen LogP contribution in [-0.4, -0.2) is 15.5 Å². The molecule has 1 aromatic carbocycles. The van der Waals surface area contributed by atoms with Gasteiger partial charge < -0.3 is 0 Å². The van der Waals surface area contributed by atoms with Crippen LogP contribution in [0.4, 0.5) is 5.69 Å². The van der Waals surface area contributed by atoms with Gasteiger partial charge in [0.2, 0.25) is 0 Å². The Morgan fingerprint density at radius 3 is 2.60 bits per heavy atom. The third-order valence-electron chi connectivity index (χ3n) is 1.78. The molecule has 1 rings (SSSR count). The topological polar surface area (TPSA) is 60.2 Å². The summed E-state index contributed by atoms with van der Waals surface area (Å²) in [5.74, 6) is -0.303. The summed E-state index contributed by atoms with van der Waals surface area (Å²) in [5.41, 5.74) is -0.0618. The number of nitro groups is 1. The second kappa shape index (κ2) is 4.85. The van der Waals surface area contributed by atoms with Crippen molar-refractivity contribution in [2.24, 2.45) is 0 Å². The van der Waals surface area contributed by atoms with E-state index in [9.17, 15) is 14.9 Å². The number of halogens is 2. The number of alkyl halides is 1. The van der Waals surface area contributed by atoms with Crippen LogP contribution in [0.25, 0.3) is 0 Å². The number of ketones is 1. The van der Waals surface area contributed by atoms with E-state index < -0.39 is 9.75 Å². The Hall–Kier alpha value is -0.750. The zero-order valence-corrected chi connectivity index (χ0v) is 10.9. The Morgan fingerprint density at radius 2 is 2.13 bits per heavy atom. The van der Waals surface area contributed by atoms with E-state index in [-0.39, 0.29) is 17.0 Å². The number of rotatable bonds is 3. The minimum absolute atomic E-state index is 0.110. The van der Waals surface area contributed by atoms with Gasteiger partial charge in [-0.05, 0) is 19.1 Å². The lowest BCUT2D eigenvalue weighted by Gasteiger charge is -2.04. The molecule has 0 spiro atoms. The Labute approximate surface area is 103 Å². The lowest BCUT2D eigenvalue weighted by atomic mass is 10.1. The third kappa shape index (κ3) is 2.85. The fourth-order valence-electron chi connectivity index (χ4n) is 1.08. The van der Waals surface area contributed by atoms with Crippen molar-refractivity contribution in [3.05, 3.63) is 38.3 Å². The zero-order chi connectivity index (χ0) is 11.6. The molecule has 0 aliphatic carbocycles. The zero-order valence-electron chi connectivity index (χ0n) is 7.74. The summed E-state index contributed by atoms with van der Waals surface area (Å²) in [7, 11) is 0. The maximum atomic E-state index is 11.6. The molecular weight excluding hydrogens is 330 g/mol. The number of carbonyl (C=O) groups excluding carboxylic acids is 1. The van der Waals surface area contributed by atoms with E-state index in [2.05, 4.69) is 31.9 Å². The maximum Gasteiger partial charge on any atom is 0.280 e. The van der Waals surface area contributed by atoms with Crippen LogP contribution in [-0.2, 0) is 0 Å². The van der Waals surface area contributed by atoms with Gasteiger partial charge in [0.1, 0.15) is 0 Å². The molecule has 0 aromatic heterocycles. The Bertz CT molecular complexity index is 418. The third-order valence-corrected chi connectivity index (χ3v) is 2.69. The second-order valence-corrected chi connectivity index (χ2v) is 5.19. The van der Waals surface area contributed by atoms with Gasteiger partial charge in [-0.3, -0.25) is 14.9 Å². The lowest BCUT2D eigenvalue weighted by Crippen LogP contribution is -2.12. The molecule has 1 unspecified atom stereocenters. The monoisotopic (exact) mass is 335 g/mol. The molecule has 0 aliphatic rings. The molecule has 0 amide bonds. The van der Waals surface area contributed by atoms with Crippen LogP contribution in [0.1, 0.15) is 17.3 Å². The molecule has 0 saturated carbocycles. The van der Waals surface area contributed by atoms with Crippen molar-refractivity contribution in [2.45, 2.75) is 11.8 Å². The first kappa shape index (κ1) is 12.3. The predicted octanol–water partition coefficient (Wildman–Crippen LogP) is 3.32. The first-order chi connectivity index (χ1) is 6.93. The summed E-state index contributed by atoms with van der Waals surface area (Å²) in [6.45, 7) is 1.63. The first-order valence-electron chi connectivity index (χ1n) is 4.05. The van der Waals surface area contributed by atoms with Gasteiger partial charge in [-0.25, -0.2) is 0 Å². The van der Waals surface area contributed by atoms with Crippen molar-refractivity contribution in [1.82, 2.24) is 0 Å². The van der Waals surface area contributed by atoms with Gasteiger partial charge in [0.25, 0.3) is 5.69 Å². The van der Waals surface area contributed by atoms with Gasteiger partial charge in [0.15, 0.2) is 5.78 Å². The van der Waals surface area contributed by atoms with E-state index in [4.69, 9.17) is 0 Å². The maximum absolute atomic E-state index is 11.6. The summed E-state index contributed by atoms with van der Waals surface area (Å²) in [4.78, 5) is 21.3. The van der Waals surface area contributed by atoms with Crippen molar-refractivity contribution in [2.75, 3.05) is 0 Å². The molecule has 0 heterocycles. The van der Waals surface area contributed by atoms with Crippen molar-refractivity contribution in [3.8, 4) is 0 Å². The fourth-order valence-corrected chi connectivity index (χ4v) is 1.69.